The Kier molecular flexibility index (Phi) is 6.28. The molecule has 0 saturated heterocycles. The molecule has 2 nitrogen and oxygen atoms in total. The van der Waals surface area contributed by atoms with E-state index in [0.717, 1.165) is 23.1 Å². The molecule has 0 bridgehead atoms. The highest BCUT2D eigenvalue weighted by atomic mass is 16.3. The van der Waals surface area contributed by atoms with Gasteiger partial charge in [0.15, 0.2) is 5.58 Å². The van der Waals surface area contributed by atoms with Crippen molar-refractivity contribution >= 4 is 45.7 Å². The predicted molar refractivity (Wildman–Crippen MR) is 134 cm³/mol. The lowest BCUT2D eigenvalue weighted by Crippen LogP contribution is -2.25. The highest BCUT2D eigenvalue weighted by molar-refractivity contribution is 5.92. The molecule has 0 aliphatic rings. The molecule has 4 rings (SSSR count). The second kappa shape index (κ2) is 9.44. The predicted octanol–water partition coefficient (Wildman–Crippen LogP) is 6.64. The monoisotopic (exact) mass is 405 g/mol. The number of oxazole rings is 1. The third-order valence-electron chi connectivity index (χ3n) is 5.30. The van der Waals surface area contributed by atoms with Crippen molar-refractivity contribution in [2.75, 3.05) is 0 Å². The van der Waals surface area contributed by atoms with E-state index >= 15 is 0 Å². The second-order valence-corrected chi connectivity index (χ2v) is 7.38. The summed E-state index contributed by atoms with van der Waals surface area (Å²) in [6, 6.07) is 18.7. The molecule has 0 aliphatic heterocycles. The number of hydrogen-bond acceptors (Lipinski definition) is 2. The second-order valence-electron chi connectivity index (χ2n) is 7.38. The molecule has 1 heterocycles. The summed E-state index contributed by atoms with van der Waals surface area (Å²) in [6.07, 6.45) is 15.8. The largest absolute Gasteiger partial charge is 0.436 e. The molecule has 0 aliphatic carbocycles. The summed E-state index contributed by atoms with van der Waals surface area (Å²) in [7, 11) is 0. The van der Waals surface area contributed by atoms with Crippen molar-refractivity contribution in [3.63, 3.8) is 0 Å². The van der Waals surface area contributed by atoms with E-state index < -0.39 is 0 Å². The Morgan fingerprint density at radius 3 is 2.52 bits per heavy atom. The van der Waals surface area contributed by atoms with E-state index in [9.17, 15) is 0 Å². The number of nitrogens with zero attached hydrogens (tertiary/aromatic N) is 1. The molecule has 3 aromatic carbocycles. The van der Waals surface area contributed by atoms with Crippen LogP contribution in [0.25, 0.3) is 45.7 Å². The lowest BCUT2D eigenvalue weighted by molar-refractivity contribution is 0.586. The molecule has 0 spiro atoms. The molecule has 0 saturated carbocycles. The van der Waals surface area contributed by atoms with Crippen molar-refractivity contribution < 1.29 is 4.42 Å². The van der Waals surface area contributed by atoms with Crippen LogP contribution in [-0.4, -0.2) is 4.98 Å². The minimum absolute atomic E-state index is 0.629. The number of para-hydroxylation sites is 2. The van der Waals surface area contributed by atoms with Gasteiger partial charge in [-0.3, -0.25) is 0 Å². The van der Waals surface area contributed by atoms with Gasteiger partial charge in [0.25, 0.3) is 0 Å². The molecule has 4 aromatic rings. The van der Waals surface area contributed by atoms with Crippen molar-refractivity contribution in [1.82, 2.24) is 4.98 Å². The van der Waals surface area contributed by atoms with Gasteiger partial charge in [0.05, 0.1) is 0 Å². The van der Waals surface area contributed by atoms with E-state index in [2.05, 4.69) is 79.5 Å². The fourth-order valence-corrected chi connectivity index (χ4v) is 3.93. The van der Waals surface area contributed by atoms with Crippen molar-refractivity contribution in [3.8, 4) is 0 Å². The number of allylic oxidation sites excluding steroid dienone is 5. The van der Waals surface area contributed by atoms with Crippen LogP contribution in [0, 0.1) is 0 Å². The van der Waals surface area contributed by atoms with Crippen molar-refractivity contribution in [3.05, 3.63) is 101 Å². The third-order valence-corrected chi connectivity index (χ3v) is 5.30. The molecule has 0 N–H and O–H groups in total. The molecule has 154 valence electrons. The van der Waals surface area contributed by atoms with Crippen LogP contribution in [0.3, 0.4) is 0 Å². The first kappa shape index (κ1) is 20.6. The molecule has 0 radical (unpaired) electrons. The molecular formula is C29H27NO. The number of aromatic nitrogens is 1. The average molecular weight is 406 g/mol. The highest BCUT2D eigenvalue weighted by Crippen LogP contribution is 2.22. The first-order valence-electron chi connectivity index (χ1n) is 10.8. The summed E-state index contributed by atoms with van der Waals surface area (Å²) in [5, 5.41) is 5.11. The van der Waals surface area contributed by atoms with Crippen LogP contribution < -0.4 is 10.4 Å². The molecule has 1 aromatic heterocycles. The molecule has 0 unspecified atom stereocenters. The topological polar surface area (TPSA) is 26.0 Å². The van der Waals surface area contributed by atoms with Gasteiger partial charge < -0.3 is 4.42 Å². The van der Waals surface area contributed by atoms with Crippen LogP contribution >= 0.6 is 0 Å². The smallest absolute Gasteiger partial charge is 0.227 e. The summed E-state index contributed by atoms with van der Waals surface area (Å²) >= 11 is 0. The molecule has 0 atom stereocenters. The Bertz CT molecular complexity index is 1400. The van der Waals surface area contributed by atoms with Gasteiger partial charge in [-0.05, 0) is 71.3 Å². The van der Waals surface area contributed by atoms with E-state index in [4.69, 9.17) is 4.42 Å². The maximum Gasteiger partial charge on any atom is 0.227 e. The summed E-state index contributed by atoms with van der Waals surface area (Å²) in [5.74, 6) is 0.629. The minimum Gasteiger partial charge on any atom is -0.436 e. The van der Waals surface area contributed by atoms with Crippen LogP contribution in [0.2, 0.25) is 0 Å². The summed E-state index contributed by atoms with van der Waals surface area (Å²) in [4.78, 5) is 4.64. The Balaban J connectivity index is 1.81. The molecule has 0 fully saturated rings. The van der Waals surface area contributed by atoms with Crippen LogP contribution in [0.4, 0.5) is 0 Å². The SMILES string of the molecule is C\C=C/C(=C\C=C\c1cc(=C/CC)/c(=C\C)c2ccccc12)c1nc2ccccc2o1. The molecule has 0 amide bonds. The normalized spacial score (nSPS) is 14.1. The van der Waals surface area contributed by atoms with Gasteiger partial charge in [-0.2, -0.15) is 0 Å². The van der Waals surface area contributed by atoms with Crippen LogP contribution in [-0.2, 0) is 0 Å². The summed E-state index contributed by atoms with van der Waals surface area (Å²) in [6.45, 7) is 6.29. The fraction of sp³-hybridized carbons (Fsp3) is 0.138. The molecular weight excluding hydrogens is 378 g/mol. The van der Waals surface area contributed by atoms with Crippen molar-refractivity contribution in [1.29, 1.82) is 0 Å². The van der Waals surface area contributed by atoms with Crippen molar-refractivity contribution in [2.24, 2.45) is 0 Å². The zero-order chi connectivity index (χ0) is 21.6. The number of hydrogen-bond donors (Lipinski definition) is 0. The minimum atomic E-state index is 0.629. The summed E-state index contributed by atoms with van der Waals surface area (Å²) in [5.41, 5.74) is 3.82. The van der Waals surface area contributed by atoms with Crippen LogP contribution in [0.15, 0.2) is 83.3 Å². The van der Waals surface area contributed by atoms with Crippen molar-refractivity contribution in [2.45, 2.75) is 27.2 Å². The van der Waals surface area contributed by atoms with Crippen LogP contribution in [0.1, 0.15) is 38.6 Å². The summed E-state index contributed by atoms with van der Waals surface area (Å²) < 4.78 is 5.96. The zero-order valence-corrected chi connectivity index (χ0v) is 18.3. The maximum absolute atomic E-state index is 5.96. The van der Waals surface area contributed by atoms with Gasteiger partial charge in [-0.25, -0.2) is 4.98 Å². The highest BCUT2D eigenvalue weighted by Gasteiger charge is 2.07. The van der Waals surface area contributed by atoms with Gasteiger partial charge >= 0.3 is 0 Å². The fourth-order valence-electron chi connectivity index (χ4n) is 3.93. The molecule has 2 heteroatoms. The maximum atomic E-state index is 5.96. The lowest BCUT2D eigenvalue weighted by atomic mass is 9.99. The van der Waals surface area contributed by atoms with E-state index in [1.165, 1.54) is 26.8 Å². The third kappa shape index (κ3) is 4.29. The lowest BCUT2D eigenvalue weighted by Gasteiger charge is -2.05. The average Bonchev–Trinajstić information content (AvgIpc) is 3.23. The Labute approximate surface area is 183 Å². The van der Waals surface area contributed by atoms with E-state index in [1.54, 1.807) is 0 Å². The number of fused-ring (bicyclic) bond motifs is 2. The van der Waals surface area contributed by atoms with E-state index in [-0.39, 0.29) is 0 Å². The number of rotatable bonds is 5. The van der Waals surface area contributed by atoms with Gasteiger partial charge in [0.2, 0.25) is 5.89 Å². The van der Waals surface area contributed by atoms with Gasteiger partial charge in [0.1, 0.15) is 5.52 Å². The Morgan fingerprint density at radius 1 is 1.00 bits per heavy atom. The van der Waals surface area contributed by atoms with Crippen LogP contribution in [0.5, 0.6) is 0 Å². The first-order valence-corrected chi connectivity index (χ1v) is 10.8. The Hall–Kier alpha value is -3.65. The first-order chi connectivity index (χ1) is 15.2. The van der Waals surface area contributed by atoms with Gasteiger partial charge in [-0.15, -0.1) is 0 Å². The number of benzene rings is 3. The van der Waals surface area contributed by atoms with E-state index in [0.29, 0.717) is 5.89 Å². The Morgan fingerprint density at radius 2 is 1.77 bits per heavy atom. The van der Waals surface area contributed by atoms with E-state index in [1.807, 2.05) is 43.3 Å². The van der Waals surface area contributed by atoms with Gasteiger partial charge in [-0.1, -0.05) is 79.8 Å². The van der Waals surface area contributed by atoms with Gasteiger partial charge in [0, 0.05) is 5.57 Å². The zero-order valence-electron chi connectivity index (χ0n) is 18.3. The standard InChI is InChI=1S/C29H27NO/c1-4-12-21(29-30-27-18-9-10-19-28(27)31-29)14-11-15-23-20-22(13-5-2)24(6-3)26-17-8-7-16-25(23)26/h4,6-20H,5H2,1-3H3/b12-4-,15-11+,21-14+,22-13-,24-6+. The quantitative estimate of drug-likeness (QED) is 0.348. The molecule has 31 heavy (non-hydrogen) atoms.